The second kappa shape index (κ2) is 13.4. The van der Waals surface area contributed by atoms with E-state index in [1.807, 2.05) is 44.2 Å². The zero-order valence-electron chi connectivity index (χ0n) is 21.9. The molecular formula is C29H34ClN3O4S. The molecule has 7 nitrogen and oxygen atoms in total. The highest BCUT2D eigenvalue weighted by Gasteiger charge is 2.34. The van der Waals surface area contributed by atoms with Crippen LogP contribution >= 0.6 is 11.6 Å². The summed E-state index contributed by atoms with van der Waals surface area (Å²) in [6, 6.07) is 21.4. The molecule has 0 aliphatic heterocycles. The molecule has 3 aromatic carbocycles. The molecule has 0 radical (unpaired) electrons. The van der Waals surface area contributed by atoms with Crippen LogP contribution in [0.15, 0.2) is 83.8 Å². The van der Waals surface area contributed by atoms with E-state index in [1.165, 1.54) is 23.1 Å². The zero-order chi connectivity index (χ0) is 27.7. The summed E-state index contributed by atoms with van der Waals surface area (Å²) >= 11 is 6.26. The van der Waals surface area contributed by atoms with Crippen molar-refractivity contribution in [3.05, 3.63) is 95.0 Å². The van der Waals surface area contributed by atoms with Crippen molar-refractivity contribution in [2.24, 2.45) is 0 Å². The van der Waals surface area contributed by atoms with Crippen LogP contribution < -0.4 is 9.62 Å². The number of sulfonamides is 1. The fourth-order valence-electron chi connectivity index (χ4n) is 4.15. The van der Waals surface area contributed by atoms with Gasteiger partial charge in [-0.15, -0.1) is 0 Å². The smallest absolute Gasteiger partial charge is 0.264 e. The topological polar surface area (TPSA) is 86.8 Å². The molecule has 0 aliphatic rings. The summed E-state index contributed by atoms with van der Waals surface area (Å²) in [6.07, 6.45) is 1.13. The summed E-state index contributed by atoms with van der Waals surface area (Å²) in [4.78, 5) is 28.6. The van der Waals surface area contributed by atoms with Crippen LogP contribution in [0, 0.1) is 6.92 Å². The van der Waals surface area contributed by atoms with Crippen LogP contribution in [-0.2, 0) is 26.2 Å². The summed E-state index contributed by atoms with van der Waals surface area (Å²) in [5.41, 5.74) is 1.78. The molecule has 0 aromatic heterocycles. The van der Waals surface area contributed by atoms with E-state index in [-0.39, 0.29) is 17.3 Å². The van der Waals surface area contributed by atoms with Crippen LogP contribution in [0.25, 0.3) is 0 Å². The van der Waals surface area contributed by atoms with Crippen LogP contribution in [0.5, 0.6) is 0 Å². The second-order valence-corrected chi connectivity index (χ2v) is 11.3. The number of hydrogen-bond donors (Lipinski definition) is 1. The second-order valence-electron chi connectivity index (χ2n) is 8.98. The average Bonchev–Trinajstić information content (AvgIpc) is 2.92. The number of aryl methyl sites for hydroxylation is 1. The highest BCUT2D eigenvalue weighted by Crippen LogP contribution is 2.30. The summed E-state index contributed by atoms with van der Waals surface area (Å²) in [5, 5.41) is 3.23. The molecule has 3 rings (SSSR count). The monoisotopic (exact) mass is 555 g/mol. The number of carbonyl (C=O) groups is 2. The van der Waals surface area contributed by atoms with Gasteiger partial charge in [-0.1, -0.05) is 80.0 Å². The highest BCUT2D eigenvalue weighted by atomic mass is 35.5. The maximum atomic E-state index is 14.0. The molecule has 1 unspecified atom stereocenters. The molecule has 0 bridgehead atoms. The minimum atomic E-state index is -4.14. The molecule has 9 heteroatoms. The Kier molecular flexibility index (Phi) is 10.3. The number of halogens is 1. The van der Waals surface area contributed by atoms with E-state index in [2.05, 4.69) is 5.32 Å². The van der Waals surface area contributed by atoms with Gasteiger partial charge in [-0.25, -0.2) is 8.42 Å². The van der Waals surface area contributed by atoms with Crippen molar-refractivity contribution < 1.29 is 18.0 Å². The Labute approximate surface area is 230 Å². The van der Waals surface area contributed by atoms with Gasteiger partial charge < -0.3 is 10.2 Å². The Morgan fingerprint density at radius 2 is 1.58 bits per heavy atom. The highest BCUT2D eigenvalue weighted by molar-refractivity contribution is 7.92. The molecule has 1 N–H and O–H groups in total. The van der Waals surface area contributed by atoms with Gasteiger partial charge in [0.1, 0.15) is 12.6 Å². The van der Waals surface area contributed by atoms with Gasteiger partial charge in [0.15, 0.2) is 0 Å². The number of rotatable bonds is 12. The van der Waals surface area contributed by atoms with Gasteiger partial charge in [-0.05, 0) is 55.2 Å². The van der Waals surface area contributed by atoms with Crippen LogP contribution in [0.1, 0.15) is 37.8 Å². The van der Waals surface area contributed by atoms with Crippen molar-refractivity contribution in [3.8, 4) is 0 Å². The predicted octanol–water partition coefficient (Wildman–Crippen LogP) is 5.18. The minimum Gasteiger partial charge on any atom is -0.354 e. The van der Waals surface area contributed by atoms with Gasteiger partial charge in [0, 0.05) is 18.1 Å². The molecule has 3 aromatic rings. The zero-order valence-corrected chi connectivity index (χ0v) is 23.5. The number of anilines is 1. The molecule has 202 valence electrons. The summed E-state index contributed by atoms with van der Waals surface area (Å²) in [7, 11) is -4.14. The quantitative estimate of drug-likeness (QED) is 0.334. The molecule has 0 aliphatic carbocycles. The Balaban J connectivity index is 2.07. The Hall–Kier alpha value is -3.36. The lowest BCUT2D eigenvalue weighted by Crippen LogP contribution is -2.52. The van der Waals surface area contributed by atoms with Crippen molar-refractivity contribution in [2.45, 2.75) is 51.1 Å². The standard InChI is InChI=1S/C29H34ClN3O4S/c1-4-18-31-29(35)26(5-2)32(20-23-12-8-6-9-13-23)28(34)21-33(27-19-24(30)17-16-22(27)3)38(36,37)25-14-10-7-11-15-25/h6-17,19,26H,4-5,18,20-21H2,1-3H3,(H,31,35). The summed E-state index contributed by atoms with van der Waals surface area (Å²) in [5.74, 6) is -0.763. The first-order valence-corrected chi connectivity index (χ1v) is 14.5. The van der Waals surface area contributed by atoms with E-state index in [0.717, 1.165) is 16.3 Å². The molecule has 2 amide bonds. The van der Waals surface area contributed by atoms with Crippen molar-refractivity contribution in [3.63, 3.8) is 0 Å². The predicted molar refractivity (Wildman–Crippen MR) is 152 cm³/mol. The number of nitrogens with zero attached hydrogens (tertiary/aromatic N) is 2. The normalized spacial score (nSPS) is 12.0. The van der Waals surface area contributed by atoms with E-state index in [1.54, 1.807) is 37.3 Å². The van der Waals surface area contributed by atoms with Gasteiger partial charge in [-0.3, -0.25) is 13.9 Å². The number of nitrogens with one attached hydrogen (secondary N) is 1. The molecule has 0 spiro atoms. The number of amides is 2. The summed E-state index contributed by atoms with van der Waals surface area (Å²) in [6.45, 7) is 5.69. The third-order valence-corrected chi connectivity index (χ3v) is 8.19. The van der Waals surface area contributed by atoms with E-state index in [4.69, 9.17) is 11.6 Å². The summed E-state index contributed by atoms with van der Waals surface area (Å²) < 4.78 is 28.8. The lowest BCUT2D eigenvalue weighted by atomic mass is 10.1. The SMILES string of the molecule is CCCNC(=O)C(CC)N(Cc1ccccc1)C(=O)CN(c1cc(Cl)ccc1C)S(=O)(=O)c1ccccc1. The van der Waals surface area contributed by atoms with Gasteiger partial charge in [0.25, 0.3) is 10.0 Å². The van der Waals surface area contributed by atoms with Crippen molar-refractivity contribution in [1.29, 1.82) is 0 Å². The van der Waals surface area contributed by atoms with E-state index in [0.29, 0.717) is 29.2 Å². The number of benzene rings is 3. The van der Waals surface area contributed by atoms with Crippen molar-refractivity contribution in [2.75, 3.05) is 17.4 Å². The minimum absolute atomic E-state index is 0.0505. The van der Waals surface area contributed by atoms with Gasteiger partial charge >= 0.3 is 0 Å². The van der Waals surface area contributed by atoms with Crippen LogP contribution in [0.3, 0.4) is 0 Å². The lowest BCUT2D eigenvalue weighted by molar-refractivity contribution is -0.140. The van der Waals surface area contributed by atoms with Crippen LogP contribution in [-0.4, -0.2) is 44.3 Å². The molecular weight excluding hydrogens is 522 g/mol. The number of hydrogen-bond acceptors (Lipinski definition) is 4. The molecule has 0 fully saturated rings. The van der Waals surface area contributed by atoms with Gasteiger partial charge in [0.05, 0.1) is 10.6 Å². The molecule has 0 saturated heterocycles. The Morgan fingerprint density at radius 1 is 0.947 bits per heavy atom. The maximum Gasteiger partial charge on any atom is 0.264 e. The average molecular weight is 556 g/mol. The lowest BCUT2D eigenvalue weighted by Gasteiger charge is -2.33. The van der Waals surface area contributed by atoms with E-state index < -0.39 is 28.5 Å². The molecule has 1 atom stereocenters. The fraction of sp³-hybridized carbons (Fsp3) is 0.310. The largest absolute Gasteiger partial charge is 0.354 e. The maximum absolute atomic E-state index is 14.0. The van der Waals surface area contributed by atoms with Crippen LogP contribution in [0.2, 0.25) is 5.02 Å². The first-order chi connectivity index (χ1) is 18.2. The number of carbonyl (C=O) groups excluding carboxylic acids is 2. The third-order valence-electron chi connectivity index (χ3n) is 6.18. The van der Waals surface area contributed by atoms with Crippen molar-refractivity contribution in [1.82, 2.24) is 10.2 Å². The van der Waals surface area contributed by atoms with Crippen molar-refractivity contribution >= 4 is 39.1 Å². The Bertz CT molecular complexity index is 1330. The molecule has 0 heterocycles. The first-order valence-electron chi connectivity index (χ1n) is 12.6. The first kappa shape index (κ1) is 29.2. The van der Waals surface area contributed by atoms with Gasteiger partial charge in [0.2, 0.25) is 11.8 Å². The molecule has 38 heavy (non-hydrogen) atoms. The van der Waals surface area contributed by atoms with Crippen LogP contribution in [0.4, 0.5) is 5.69 Å². The van der Waals surface area contributed by atoms with Gasteiger partial charge in [-0.2, -0.15) is 0 Å². The third kappa shape index (κ3) is 7.14. The Morgan fingerprint density at radius 3 is 2.18 bits per heavy atom. The van der Waals surface area contributed by atoms with E-state index >= 15 is 0 Å². The fourth-order valence-corrected chi connectivity index (χ4v) is 5.81. The van der Waals surface area contributed by atoms with E-state index in [9.17, 15) is 18.0 Å². The molecule has 0 saturated carbocycles.